The van der Waals surface area contributed by atoms with E-state index in [2.05, 4.69) is 13.0 Å². The number of nitrogens with zero attached hydrogens (tertiary/aromatic N) is 2. The first kappa shape index (κ1) is 19.7. The third-order valence-electron chi connectivity index (χ3n) is 6.02. The molecule has 1 aliphatic heterocycles. The Kier molecular flexibility index (Phi) is 4.35. The number of aromatic nitrogens is 1. The van der Waals surface area contributed by atoms with Crippen molar-refractivity contribution in [3.8, 4) is 5.75 Å². The second kappa shape index (κ2) is 7.28. The molecule has 6 rings (SSSR count). The van der Waals surface area contributed by atoms with Crippen molar-refractivity contribution in [2.75, 3.05) is 4.90 Å². The Morgan fingerprint density at radius 2 is 1.91 bits per heavy atom. The molecule has 5 aromatic rings. The number of hydrogen-bond acceptors (Lipinski definition) is 6. The number of rotatable bonds is 3. The smallest absolute Gasteiger partial charge is 0.297 e. The molecule has 0 fully saturated rings. The fraction of sp³-hybridized carbons (Fsp3) is 0.115. The van der Waals surface area contributed by atoms with Gasteiger partial charge in [0.15, 0.2) is 10.6 Å². The molecular formula is C26H18N2O4S. The van der Waals surface area contributed by atoms with E-state index in [1.165, 1.54) is 21.8 Å². The van der Waals surface area contributed by atoms with Gasteiger partial charge < -0.3 is 9.52 Å². The van der Waals surface area contributed by atoms with Crippen LogP contribution in [0.1, 0.15) is 40.2 Å². The Balaban J connectivity index is 1.63. The third-order valence-corrected chi connectivity index (χ3v) is 7.04. The average molecular weight is 455 g/mol. The summed E-state index contributed by atoms with van der Waals surface area (Å²) in [5, 5.41) is 11.0. The van der Waals surface area contributed by atoms with Crippen LogP contribution in [0.4, 0.5) is 5.13 Å². The minimum Gasteiger partial charge on any atom is -0.508 e. The van der Waals surface area contributed by atoms with E-state index in [1.807, 2.05) is 12.1 Å². The molecule has 1 amide bonds. The second-order valence-electron chi connectivity index (χ2n) is 7.99. The number of carbonyl (C=O) groups is 1. The Bertz CT molecular complexity index is 1640. The summed E-state index contributed by atoms with van der Waals surface area (Å²) >= 11 is 1.40. The number of fused-ring (bicyclic) bond motifs is 3. The molecule has 2 aromatic heterocycles. The number of benzene rings is 3. The number of aromatic hydroxyl groups is 1. The average Bonchev–Trinajstić information content (AvgIpc) is 3.37. The van der Waals surface area contributed by atoms with Gasteiger partial charge in [-0.15, -0.1) is 0 Å². The van der Waals surface area contributed by atoms with Crippen LogP contribution in [0.3, 0.4) is 0 Å². The molecule has 0 saturated heterocycles. The van der Waals surface area contributed by atoms with E-state index >= 15 is 0 Å². The highest BCUT2D eigenvalue weighted by molar-refractivity contribution is 7.22. The lowest BCUT2D eigenvalue weighted by atomic mass is 9.98. The number of amides is 1. The fourth-order valence-corrected chi connectivity index (χ4v) is 5.46. The molecule has 0 aliphatic carbocycles. The molecule has 33 heavy (non-hydrogen) atoms. The highest BCUT2D eigenvalue weighted by Gasteiger charge is 2.45. The Morgan fingerprint density at radius 3 is 2.73 bits per heavy atom. The quantitative estimate of drug-likeness (QED) is 0.394. The van der Waals surface area contributed by atoms with Gasteiger partial charge in [0.25, 0.3) is 5.91 Å². The Hall–Kier alpha value is -3.97. The predicted molar refractivity (Wildman–Crippen MR) is 128 cm³/mol. The molecule has 162 valence electrons. The number of phenols is 1. The maximum absolute atomic E-state index is 13.7. The lowest BCUT2D eigenvalue weighted by Crippen LogP contribution is -2.29. The van der Waals surface area contributed by atoms with Crippen LogP contribution in [0.15, 0.2) is 75.9 Å². The van der Waals surface area contributed by atoms with E-state index in [1.54, 1.807) is 48.5 Å². The number of carbonyl (C=O) groups excluding carboxylic acids is 1. The third kappa shape index (κ3) is 2.97. The molecule has 0 unspecified atom stereocenters. The van der Waals surface area contributed by atoms with Crippen molar-refractivity contribution >= 4 is 43.6 Å². The number of para-hydroxylation sites is 1. The van der Waals surface area contributed by atoms with Gasteiger partial charge in [0.1, 0.15) is 11.3 Å². The van der Waals surface area contributed by atoms with Crippen LogP contribution in [-0.4, -0.2) is 16.0 Å². The van der Waals surface area contributed by atoms with Crippen LogP contribution in [0.5, 0.6) is 5.75 Å². The van der Waals surface area contributed by atoms with Gasteiger partial charge in [0.05, 0.1) is 27.2 Å². The number of hydrogen-bond donors (Lipinski definition) is 1. The Labute approximate surface area is 192 Å². The number of thiazole rings is 1. The van der Waals surface area contributed by atoms with E-state index in [4.69, 9.17) is 9.40 Å². The summed E-state index contributed by atoms with van der Waals surface area (Å²) in [7, 11) is 0. The molecular weight excluding hydrogens is 436 g/mol. The molecule has 0 radical (unpaired) electrons. The normalized spacial score (nSPS) is 15.5. The zero-order valence-corrected chi connectivity index (χ0v) is 18.4. The van der Waals surface area contributed by atoms with Crippen LogP contribution in [0, 0.1) is 0 Å². The SMILES string of the molecule is CCc1ccc2nc(N3C(=O)c4oc5ccccc5c(=O)c4[C@H]3c3cccc(O)c3)sc2c1. The summed E-state index contributed by atoms with van der Waals surface area (Å²) in [5.41, 5.74) is 2.95. The lowest BCUT2D eigenvalue weighted by molar-refractivity contribution is 0.0971. The lowest BCUT2D eigenvalue weighted by Gasteiger charge is -2.22. The molecule has 0 saturated carbocycles. The van der Waals surface area contributed by atoms with Crippen molar-refractivity contribution in [2.24, 2.45) is 0 Å². The highest BCUT2D eigenvalue weighted by atomic mass is 32.1. The topological polar surface area (TPSA) is 83.6 Å². The van der Waals surface area contributed by atoms with Crippen molar-refractivity contribution in [2.45, 2.75) is 19.4 Å². The fourth-order valence-electron chi connectivity index (χ4n) is 4.41. The van der Waals surface area contributed by atoms with Gasteiger partial charge in [-0.25, -0.2) is 4.98 Å². The zero-order chi connectivity index (χ0) is 22.7. The number of anilines is 1. The highest BCUT2D eigenvalue weighted by Crippen LogP contribution is 2.44. The van der Waals surface area contributed by atoms with Gasteiger partial charge in [-0.2, -0.15) is 0 Å². The summed E-state index contributed by atoms with van der Waals surface area (Å²) < 4.78 is 6.93. The number of aryl methyl sites for hydroxylation is 1. The largest absolute Gasteiger partial charge is 0.508 e. The molecule has 1 aliphatic rings. The minimum atomic E-state index is -0.758. The molecule has 6 nitrogen and oxygen atoms in total. The summed E-state index contributed by atoms with van der Waals surface area (Å²) in [6.07, 6.45) is 0.897. The Morgan fingerprint density at radius 1 is 1.06 bits per heavy atom. The van der Waals surface area contributed by atoms with Gasteiger partial charge in [0, 0.05) is 0 Å². The molecule has 3 heterocycles. The van der Waals surface area contributed by atoms with Gasteiger partial charge >= 0.3 is 0 Å². The monoisotopic (exact) mass is 454 g/mol. The molecule has 7 heteroatoms. The van der Waals surface area contributed by atoms with Crippen molar-refractivity contribution in [1.82, 2.24) is 4.98 Å². The zero-order valence-electron chi connectivity index (χ0n) is 17.6. The van der Waals surface area contributed by atoms with E-state index in [-0.39, 0.29) is 22.5 Å². The van der Waals surface area contributed by atoms with E-state index < -0.39 is 11.9 Å². The van der Waals surface area contributed by atoms with E-state index in [0.29, 0.717) is 21.7 Å². The minimum absolute atomic E-state index is 0.0144. The summed E-state index contributed by atoms with van der Waals surface area (Å²) in [6, 6.07) is 18.8. The predicted octanol–water partition coefficient (Wildman–Crippen LogP) is 5.42. The molecule has 1 N–H and O–H groups in total. The first-order valence-electron chi connectivity index (χ1n) is 10.6. The number of phenolic OH excluding ortho intramolecular Hbond substituents is 1. The van der Waals surface area contributed by atoms with E-state index in [9.17, 15) is 14.7 Å². The van der Waals surface area contributed by atoms with Crippen LogP contribution >= 0.6 is 11.3 Å². The molecule has 3 aromatic carbocycles. The van der Waals surface area contributed by atoms with Crippen molar-refractivity contribution in [3.05, 3.63) is 99.4 Å². The first-order valence-corrected chi connectivity index (χ1v) is 11.4. The molecule has 0 spiro atoms. The maximum atomic E-state index is 13.7. The maximum Gasteiger partial charge on any atom is 0.297 e. The summed E-state index contributed by atoms with van der Waals surface area (Å²) in [4.78, 5) is 33.4. The van der Waals surface area contributed by atoms with Crippen molar-refractivity contribution in [1.29, 1.82) is 0 Å². The van der Waals surface area contributed by atoms with Crippen LogP contribution in [-0.2, 0) is 6.42 Å². The van der Waals surface area contributed by atoms with Gasteiger partial charge in [-0.3, -0.25) is 14.5 Å². The molecule has 1 atom stereocenters. The van der Waals surface area contributed by atoms with Crippen molar-refractivity contribution < 1.29 is 14.3 Å². The standard InChI is InChI=1S/C26H18N2O4S/c1-2-14-10-11-18-20(12-14)33-26(27-18)28-22(15-6-5-7-16(29)13-15)21-23(30)17-8-3-4-9-19(17)32-24(21)25(28)31/h3-13,22,29H,2H2,1H3/t22-/m1/s1. The van der Waals surface area contributed by atoms with Crippen LogP contribution in [0.25, 0.3) is 21.2 Å². The molecule has 0 bridgehead atoms. The van der Waals surface area contributed by atoms with Crippen LogP contribution < -0.4 is 10.3 Å². The van der Waals surface area contributed by atoms with Gasteiger partial charge in [0.2, 0.25) is 5.76 Å². The van der Waals surface area contributed by atoms with Crippen molar-refractivity contribution in [3.63, 3.8) is 0 Å². The van der Waals surface area contributed by atoms with E-state index in [0.717, 1.165) is 16.6 Å². The van der Waals surface area contributed by atoms with Gasteiger partial charge in [-0.1, -0.05) is 48.6 Å². The first-order chi connectivity index (χ1) is 16.0. The summed E-state index contributed by atoms with van der Waals surface area (Å²) in [5.74, 6) is -0.355. The van der Waals surface area contributed by atoms with Gasteiger partial charge in [-0.05, 0) is 53.9 Å². The second-order valence-corrected chi connectivity index (χ2v) is 9.00. The van der Waals surface area contributed by atoms with Crippen LogP contribution in [0.2, 0.25) is 0 Å². The summed E-state index contributed by atoms with van der Waals surface area (Å²) in [6.45, 7) is 2.09.